The van der Waals surface area contributed by atoms with Crippen LogP contribution in [-0.4, -0.2) is 16.6 Å². The van der Waals surface area contributed by atoms with Gasteiger partial charge in [0.15, 0.2) is 0 Å². The van der Waals surface area contributed by atoms with Gasteiger partial charge in [0.25, 0.3) is 0 Å². The Bertz CT molecular complexity index is 685. The van der Waals surface area contributed by atoms with Crippen LogP contribution in [0.2, 0.25) is 0 Å². The van der Waals surface area contributed by atoms with Gasteiger partial charge in [0.2, 0.25) is 0 Å². The van der Waals surface area contributed by atoms with Crippen molar-refractivity contribution in [3.63, 3.8) is 0 Å². The second-order valence-electron chi connectivity index (χ2n) is 4.66. The van der Waals surface area contributed by atoms with E-state index < -0.39 is 0 Å². The number of rotatable bonds is 4. The van der Waals surface area contributed by atoms with Gasteiger partial charge in [-0.05, 0) is 30.3 Å². The van der Waals surface area contributed by atoms with Crippen LogP contribution in [-0.2, 0) is 13.1 Å². The Kier molecular flexibility index (Phi) is 3.29. The van der Waals surface area contributed by atoms with Gasteiger partial charge >= 0.3 is 0 Å². The number of fused-ring (bicyclic) bond motifs is 1. The van der Waals surface area contributed by atoms with E-state index in [0.717, 1.165) is 18.6 Å². The van der Waals surface area contributed by atoms with Crippen LogP contribution in [0.4, 0.5) is 0 Å². The average Bonchev–Trinajstić information content (AvgIpc) is 2.85. The van der Waals surface area contributed by atoms with Crippen molar-refractivity contribution in [1.29, 1.82) is 0 Å². The molecule has 0 atom stereocenters. The number of hydrogen-bond acceptors (Lipinski definition) is 2. The summed E-state index contributed by atoms with van der Waals surface area (Å²) >= 11 is 0. The maximum Gasteiger partial charge on any atom is 0.0961 e. The fraction of sp³-hybridized carbons (Fsp3) is 0.188. The van der Waals surface area contributed by atoms with Gasteiger partial charge < -0.3 is 9.88 Å². The van der Waals surface area contributed by atoms with E-state index in [1.54, 1.807) is 0 Å². The zero-order valence-electron chi connectivity index (χ0n) is 11.0. The average molecular weight is 251 g/mol. The van der Waals surface area contributed by atoms with Crippen molar-refractivity contribution in [2.24, 2.45) is 0 Å². The summed E-state index contributed by atoms with van der Waals surface area (Å²) in [6, 6.07) is 16.8. The van der Waals surface area contributed by atoms with Crippen LogP contribution in [0, 0.1) is 0 Å². The maximum atomic E-state index is 4.44. The Balaban J connectivity index is 1.97. The lowest BCUT2D eigenvalue weighted by molar-refractivity contribution is 0.770. The normalized spacial score (nSPS) is 11.0. The van der Waals surface area contributed by atoms with E-state index in [1.807, 2.05) is 25.5 Å². The maximum absolute atomic E-state index is 4.44. The molecule has 0 radical (unpaired) electrons. The molecule has 3 heteroatoms. The molecule has 0 fully saturated rings. The smallest absolute Gasteiger partial charge is 0.0961 e. The summed E-state index contributed by atoms with van der Waals surface area (Å²) in [5.74, 6) is 0. The summed E-state index contributed by atoms with van der Waals surface area (Å²) in [6.07, 6.45) is 1.92. The van der Waals surface area contributed by atoms with Gasteiger partial charge in [-0.15, -0.1) is 0 Å². The molecule has 2 aromatic carbocycles. The Morgan fingerprint density at radius 1 is 1.00 bits per heavy atom. The number of nitrogens with one attached hydrogen (secondary N) is 1. The monoisotopic (exact) mass is 251 g/mol. The van der Waals surface area contributed by atoms with Crippen LogP contribution < -0.4 is 5.32 Å². The summed E-state index contributed by atoms with van der Waals surface area (Å²) in [5, 5.41) is 3.22. The third kappa shape index (κ3) is 2.37. The van der Waals surface area contributed by atoms with Crippen molar-refractivity contribution >= 4 is 11.0 Å². The van der Waals surface area contributed by atoms with Gasteiger partial charge in [-0.2, -0.15) is 0 Å². The van der Waals surface area contributed by atoms with Crippen LogP contribution in [0.15, 0.2) is 54.9 Å². The highest BCUT2D eigenvalue weighted by molar-refractivity contribution is 5.75. The molecule has 0 bridgehead atoms. The molecule has 0 spiro atoms. The van der Waals surface area contributed by atoms with Gasteiger partial charge in [-0.3, -0.25) is 0 Å². The Morgan fingerprint density at radius 3 is 2.58 bits per heavy atom. The van der Waals surface area contributed by atoms with Crippen molar-refractivity contribution in [2.75, 3.05) is 7.05 Å². The minimum atomic E-state index is 0.859. The molecule has 96 valence electrons. The second kappa shape index (κ2) is 5.24. The van der Waals surface area contributed by atoms with Crippen molar-refractivity contribution in [3.8, 4) is 0 Å². The highest BCUT2D eigenvalue weighted by atomic mass is 15.0. The quantitative estimate of drug-likeness (QED) is 0.772. The molecule has 1 heterocycles. The van der Waals surface area contributed by atoms with E-state index in [1.165, 1.54) is 16.6 Å². The molecule has 0 aliphatic carbocycles. The highest BCUT2D eigenvalue weighted by Crippen LogP contribution is 2.16. The number of aromatic nitrogens is 2. The fourth-order valence-corrected chi connectivity index (χ4v) is 2.39. The number of hydrogen-bond donors (Lipinski definition) is 1. The molecule has 0 aliphatic rings. The molecule has 3 rings (SSSR count). The molecule has 0 aliphatic heterocycles. The van der Waals surface area contributed by atoms with Crippen LogP contribution in [0.5, 0.6) is 0 Å². The predicted molar refractivity (Wildman–Crippen MR) is 78.0 cm³/mol. The van der Waals surface area contributed by atoms with Crippen molar-refractivity contribution in [3.05, 3.63) is 66.0 Å². The van der Waals surface area contributed by atoms with E-state index in [0.29, 0.717) is 0 Å². The van der Waals surface area contributed by atoms with Crippen LogP contribution in [0.1, 0.15) is 11.1 Å². The first kappa shape index (κ1) is 11.9. The third-order valence-corrected chi connectivity index (χ3v) is 3.35. The minimum absolute atomic E-state index is 0.859. The first-order chi connectivity index (χ1) is 9.38. The van der Waals surface area contributed by atoms with Gasteiger partial charge in [-0.25, -0.2) is 4.98 Å². The van der Waals surface area contributed by atoms with E-state index >= 15 is 0 Å². The highest BCUT2D eigenvalue weighted by Gasteiger charge is 2.05. The summed E-state index contributed by atoms with van der Waals surface area (Å²) in [5.41, 5.74) is 4.90. The van der Waals surface area contributed by atoms with E-state index in [9.17, 15) is 0 Å². The largest absolute Gasteiger partial charge is 0.326 e. The zero-order chi connectivity index (χ0) is 13.1. The molecule has 0 amide bonds. The SMILES string of the molecule is CNCc1ccccc1Cn1cnc2ccccc21. The van der Waals surface area contributed by atoms with Gasteiger partial charge in [0, 0.05) is 13.1 Å². The molecular formula is C16H17N3. The summed E-state index contributed by atoms with van der Waals surface area (Å²) < 4.78 is 2.20. The van der Waals surface area contributed by atoms with Crippen molar-refractivity contribution in [1.82, 2.24) is 14.9 Å². The van der Waals surface area contributed by atoms with Crippen molar-refractivity contribution in [2.45, 2.75) is 13.1 Å². The molecule has 1 aromatic heterocycles. The number of para-hydroxylation sites is 2. The second-order valence-corrected chi connectivity index (χ2v) is 4.66. The molecule has 0 saturated carbocycles. The summed E-state index contributed by atoms with van der Waals surface area (Å²) in [4.78, 5) is 4.44. The molecule has 0 unspecified atom stereocenters. The fourth-order valence-electron chi connectivity index (χ4n) is 2.39. The zero-order valence-corrected chi connectivity index (χ0v) is 11.0. The summed E-state index contributed by atoms with van der Waals surface area (Å²) in [6.45, 7) is 1.75. The Morgan fingerprint density at radius 2 is 1.74 bits per heavy atom. The lowest BCUT2D eigenvalue weighted by atomic mass is 10.1. The molecule has 19 heavy (non-hydrogen) atoms. The number of benzene rings is 2. The summed E-state index contributed by atoms with van der Waals surface area (Å²) in [7, 11) is 1.98. The standard InChI is InChI=1S/C16H17N3/c1-17-10-13-6-2-3-7-14(13)11-19-12-18-15-8-4-5-9-16(15)19/h2-9,12,17H,10-11H2,1H3. The lowest BCUT2D eigenvalue weighted by Gasteiger charge is -2.10. The Hall–Kier alpha value is -2.13. The first-order valence-electron chi connectivity index (χ1n) is 6.50. The molecule has 0 saturated heterocycles. The van der Waals surface area contributed by atoms with E-state index in [2.05, 4.69) is 51.3 Å². The van der Waals surface area contributed by atoms with Gasteiger partial charge in [0.1, 0.15) is 0 Å². The molecule has 1 N–H and O–H groups in total. The number of imidazole rings is 1. The van der Waals surface area contributed by atoms with Crippen LogP contribution in [0.25, 0.3) is 11.0 Å². The van der Waals surface area contributed by atoms with Crippen LogP contribution in [0.3, 0.4) is 0 Å². The van der Waals surface area contributed by atoms with Crippen LogP contribution >= 0.6 is 0 Å². The predicted octanol–water partition coefficient (Wildman–Crippen LogP) is 2.80. The Labute approximate surface area is 112 Å². The van der Waals surface area contributed by atoms with E-state index in [-0.39, 0.29) is 0 Å². The van der Waals surface area contributed by atoms with Gasteiger partial charge in [-0.1, -0.05) is 36.4 Å². The minimum Gasteiger partial charge on any atom is -0.326 e. The third-order valence-electron chi connectivity index (χ3n) is 3.35. The van der Waals surface area contributed by atoms with Crippen molar-refractivity contribution < 1.29 is 0 Å². The topological polar surface area (TPSA) is 29.9 Å². The first-order valence-corrected chi connectivity index (χ1v) is 6.50. The lowest BCUT2D eigenvalue weighted by Crippen LogP contribution is -2.09. The molecule has 3 nitrogen and oxygen atoms in total. The van der Waals surface area contributed by atoms with Gasteiger partial charge in [0.05, 0.1) is 17.4 Å². The molecule has 3 aromatic rings. The molecular weight excluding hydrogens is 234 g/mol. The van der Waals surface area contributed by atoms with E-state index in [4.69, 9.17) is 0 Å². The number of nitrogens with zero attached hydrogens (tertiary/aromatic N) is 2.